The van der Waals surface area contributed by atoms with Crippen LogP contribution in [0.3, 0.4) is 0 Å². The standard InChI is InChI=1S/C19H25NO3/c1-18(2)9-15-10-19(3,12-18)13-20(15)16(21)11-23-17(22)14-7-5-4-6-8-14/h4-8,15H,9-13H2,1-3H3/t15-,19-/m1/s1. The van der Waals surface area contributed by atoms with Crippen molar-refractivity contribution in [3.63, 3.8) is 0 Å². The molecule has 23 heavy (non-hydrogen) atoms. The van der Waals surface area contributed by atoms with E-state index >= 15 is 0 Å². The zero-order chi connectivity index (χ0) is 16.7. The molecule has 4 nitrogen and oxygen atoms in total. The minimum atomic E-state index is -0.437. The van der Waals surface area contributed by atoms with E-state index in [1.54, 1.807) is 24.3 Å². The molecule has 124 valence electrons. The molecule has 2 fully saturated rings. The molecule has 4 heteroatoms. The molecule has 2 atom stereocenters. The van der Waals surface area contributed by atoms with E-state index in [2.05, 4.69) is 20.8 Å². The van der Waals surface area contributed by atoms with Crippen LogP contribution in [-0.4, -0.2) is 36.0 Å². The van der Waals surface area contributed by atoms with Crippen LogP contribution in [0.4, 0.5) is 0 Å². The Morgan fingerprint density at radius 3 is 2.57 bits per heavy atom. The van der Waals surface area contributed by atoms with Gasteiger partial charge in [0.15, 0.2) is 6.61 Å². The summed E-state index contributed by atoms with van der Waals surface area (Å²) in [6.07, 6.45) is 3.24. The van der Waals surface area contributed by atoms with E-state index in [0.29, 0.717) is 5.56 Å². The van der Waals surface area contributed by atoms with Crippen LogP contribution >= 0.6 is 0 Å². The smallest absolute Gasteiger partial charge is 0.338 e. The monoisotopic (exact) mass is 315 g/mol. The van der Waals surface area contributed by atoms with Crippen molar-refractivity contribution in [1.29, 1.82) is 0 Å². The van der Waals surface area contributed by atoms with Gasteiger partial charge in [0.05, 0.1) is 5.56 Å². The highest BCUT2D eigenvalue weighted by Crippen LogP contribution is 2.52. The van der Waals surface area contributed by atoms with Gasteiger partial charge in [-0.1, -0.05) is 39.0 Å². The first-order chi connectivity index (χ1) is 10.8. The number of carbonyl (C=O) groups is 2. The third kappa shape index (κ3) is 3.41. The largest absolute Gasteiger partial charge is 0.452 e. The number of hydrogen-bond donors (Lipinski definition) is 0. The Kier molecular flexibility index (Phi) is 3.95. The fourth-order valence-corrected chi connectivity index (χ4v) is 4.62. The molecule has 3 rings (SSSR count). The number of ether oxygens (including phenoxy) is 1. The summed E-state index contributed by atoms with van der Waals surface area (Å²) in [5, 5.41) is 0. The number of carbonyl (C=O) groups excluding carboxylic acids is 2. The molecule has 0 spiro atoms. The molecule has 1 saturated heterocycles. The molecule has 2 bridgehead atoms. The quantitative estimate of drug-likeness (QED) is 0.804. The molecule has 1 aliphatic heterocycles. The lowest BCUT2D eigenvalue weighted by molar-refractivity contribution is -0.135. The van der Waals surface area contributed by atoms with Gasteiger partial charge in [0, 0.05) is 12.6 Å². The number of amides is 1. The van der Waals surface area contributed by atoms with Crippen molar-refractivity contribution < 1.29 is 14.3 Å². The number of benzene rings is 1. The lowest BCUT2D eigenvalue weighted by atomic mass is 9.65. The maximum absolute atomic E-state index is 12.5. The molecule has 0 aromatic heterocycles. The van der Waals surface area contributed by atoms with Gasteiger partial charge in [0.1, 0.15) is 0 Å². The van der Waals surface area contributed by atoms with Crippen LogP contribution in [0.2, 0.25) is 0 Å². The molecule has 0 unspecified atom stereocenters. The molecule has 1 saturated carbocycles. The predicted molar refractivity (Wildman–Crippen MR) is 88.0 cm³/mol. The van der Waals surface area contributed by atoms with E-state index in [0.717, 1.165) is 25.8 Å². The van der Waals surface area contributed by atoms with Crippen molar-refractivity contribution in [3.8, 4) is 0 Å². The van der Waals surface area contributed by atoms with E-state index in [-0.39, 0.29) is 29.4 Å². The fraction of sp³-hybridized carbons (Fsp3) is 0.579. The molecule has 0 radical (unpaired) electrons. The summed E-state index contributed by atoms with van der Waals surface area (Å²) in [4.78, 5) is 26.4. The number of nitrogens with zero attached hydrogens (tertiary/aromatic N) is 1. The summed E-state index contributed by atoms with van der Waals surface area (Å²) >= 11 is 0. The zero-order valence-electron chi connectivity index (χ0n) is 14.2. The summed E-state index contributed by atoms with van der Waals surface area (Å²) in [5.74, 6) is -0.506. The lowest BCUT2D eigenvalue weighted by Crippen LogP contribution is -2.39. The van der Waals surface area contributed by atoms with Gasteiger partial charge in [-0.25, -0.2) is 4.79 Å². The first kappa shape index (κ1) is 16.0. The van der Waals surface area contributed by atoms with Gasteiger partial charge in [-0.2, -0.15) is 0 Å². The second kappa shape index (κ2) is 5.66. The van der Waals surface area contributed by atoms with Crippen LogP contribution in [0, 0.1) is 10.8 Å². The first-order valence-electron chi connectivity index (χ1n) is 8.30. The minimum absolute atomic E-state index is 0.0688. The Hall–Kier alpha value is -1.84. The van der Waals surface area contributed by atoms with Gasteiger partial charge in [-0.05, 0) is 42.2 Å². The average molecular weight is 315 g/mol. The second-order valence-corrected chi connectivity index (χ2v) is 8.18. The molecule has 1 heterocycles. The van der Waals surface area contributed by atoms with Gasteiger partial charge < -0.3 is 9.64 Å². The molecular formula is C19H25NO3. The number of rotatable bonds is 3. The van der Waals surface area contributed by atoms with Gasteiger partial charge >= 0.3 is 5.97 Å². The zero-order valence-corrected chi connectivity index (χ0v) is 14.2. The molecule has 2 aliphatic rings. The van der Waals surface area contributed by atoms with E-state index in [9.17, 15) is 9.59 Å². The topological polar surface area (TPSA) is 46.6 Å². The third-order valence-corrected chi connectivity index (χ3v) is 5.07. The maximum atomic E-state index is 12.5. The van der Waals surface area contributed by atoms with Crippen LogP contribution in [0.25, 0.3) is 0 Å². The molecular weight excluding hydrogens is 290 g/mol. The van der Waals surface area contributed by atoms with Gasteiger partial charge in [0.2, 0.25) is 0 Å². The molecule has 1 aromatic carbocycles. The third-order valence-electron chi connectivity index (χ3n) is 5.07. The maximum Gasteiger partial charge on any atom is 0.338 e. The second-order valence-electron chi connectivity index (χ2n) is 8.18. The lowest BCUT2D eigenvalue weighted by Gasteiger charge is -2.39. The predicted octanol–water partition coefficient (Wildman–Crippen LogP) is 3.27. The minimum Gasteiger partial charge on any atom is -0.452 e. The average Bonchev–Trinajstić information content (AvgIpc) is 2.74. The normalized spacial score (nSPS) is 28.5. The number of likely N-dealkylation sites (tertiary alicyclic amines) is 1. The van der Waals surface area contributed by atoms with Gasteiger partial charge in [-0.3, -0.25) is 4.79 Å². The van der Waals surface area contributed by atoms with Crippen molar-refractivity contribution in [2.45, 2.75) is 46.1 Å². The van der Waals surface area contributed by atoms with E-state index in [1.165, 1.54) is 0 Å². The van der Waals surface area contributed by atoms with Gasteiger partial charge in [0.25, 0.3) is 5.91 Å². The summed E-state index contributed by atoms with van der Waals surface area (Å²) in [6.45, 7) is 7.44. The van der Waals surface area contributed by atoms with Crippen LogP contribution < -0.4 is 0 Å². The summed E-state index contributed by atoms with van der Waals surface area (Å²) < 4.78 is 5.21. The SMILES string of the molecule is CC1(C)C[C@@H]2C[C@@](C)(CN2C(=O)COC(=O)c2ccccc2)C1. The molecule has 1 aliphatic carbocycles. The van der Waals surface area contributed by atoms with Crippen molar-refractivity contribution in [3.05, 3.63) is 35.9 Å². The molecule has 1 aromatic rings. The Bertz CT molecular complexity index is 610. The molecule has 1 amide bonds. The van der Waals surface area contributed by atoms with E-state index in [1.807, 2.05) is 11.0 Å². The van der Waals surface area contributed by atoms with E-state index in [4.69, 9.17) is 4.74 Å². The van der Waals surface area contributed by atoms with Crippen molar-refractivity contribution in [2.75, 3.05) is 13.2 Å². The highest BCUT2D eigenvalue weighted by molar-refractivity contribution is 5.91. The van der Waals surface area contributed by atoms with Crippen LogP contribution in [0.1, 0.15) is 50.4 Å². The summed E-state index contributed by atoms with van der Waals surface area (Å²) in [7, 11) is 0. The summed E-state index contributed by atoms with van der Waals surface area (Å²) in [6, 6.07) is 9.08. The van der Waals surface area contributed by atoms with Gasteiger partial charge in [-0.15, -0.1) is 0 Å². The van der Waals surface area contributed by atoms with Crippen LogP contribution in [0.15, 0.2) is 30.3 Å². The van der Waals surface area contributed by atoms with Crippen molar-refractivity contribution in [1.82, 2.24) is 4.90 Å². The highest BCUT2D eigenvalue weighted by atomic mass is 16.5. The number of esters is 1. The number of hydrogen-bond acceptors (Lipinski definition) is 3. The van der Waals surface area contributed by atoms with E-state index < -0.39 is 5.97 Å². The fourth-order valence-electron chi connectivity index (χ4n) is 4.62. The van der Waals surface area contributed by atoms with Crippen LogP contribution in [-0.2, 0) is 9.53 Å². The van der Waals surface area contributed by atoms with Crippen molar-refractivity contribution in [2.24, 2.45) is 10.8 Å². The Morgan fingerprint density at radius 2 is 1.87 bits per heavy atom. The molecule has 0 N–H and O–H groups in total. The van der Waals surface area contributed by atoms with Crippen LogP contribution in [0.5, 0.6) is 0 Å². The Labute approximate surface area is 137 Å². The summed E-state index contributed by atoms with van der Waals surface area (Å²) in [5.41, 5.74) is 0.951. The highest BCUT2D eigenvalue weighted by Gasteiger charge is 2.50. The van der Waals surface area contributed by atoms with Crippen molar-refractivity contribution >= 4 is 11.9 Å². The number of fused-ring (bicyclic) bond motifs is 2. The Balaban J connectivity index is 1.60. The first-order valence-corrected chi connectivity index (χ1v) is 8.30. The Morgan fingerprint density at radius 1 is 1.17 bits per heavy atom.